The van der Waals surface area contributed by atoms with Crippen molar-refractivity contribution in [2.45, 2.75) is 17.0 Å². The van der Waals surface area contributed by atoms with Gasteiger partial charge in [0.15, 0.2) is 0 Å². The first-order valence-electron chi connectivity index (χ1n) is 3.52. The van der Waals surface area contributed by atoms with E-state index in [4.69, 9.17) is 0 Å². The minimum absolute atomic E-state index is 0.256. The van der Waals surface area contributed by atoms with E-state index in [-0.39, 0.29) is 5.91 Å². The molecule has 2 rings (SSSR count). The molecule has 1 saturated heterocycles. The number of alkyl halides is 1. The van der Waals surface area contributed by atoms with Crippen LogP contribution < -0.4 is 0 Å². The number of amides is 1. The lowest BCUT2D eigenvalue weighted by Crippen LogP contribution is -2.49. The number of rotatable bonds is 1. The number of fused-ring (bicyclic) bond motifs is 1. The monoisotopic (exact) mass is 233 g/mol. The number of nitrogens with zero attached hydrogens (tertiary/aromatic N) is 1. The van der Waals surface area contributed by atoms with Crippen molar-refractivity contribution in [3.63, 3.8) is 0 Å². The fourth-order valence-corrected chi connectivity index (χ4v) is 3.09. The molecule has 0 bridgehead atoms. The highest BCUT2D eigenvalue weighted by atomic mass is 79.9. The Bertz CT molecular complexity index is 218. The van der Waals surface area contributed by atoms with Crippen LogP contribution in [0.2, 0.25) is 0 Å². The third-order valence-electron chi connectivity index (χ3n) is 1.89. The molecule has 60 valence electrons. The molecule has 0 aromatic heterocycles. The van der Waals surface area contributed by atoms with E-state index in [1.165, 1.54) is 0 Å². The SMILES string of the molecule is O=C1C[C@H]2SC(CBr)C=CN12. The zero-order valence-corrected chi connectivity index (χ0v) is 8.27. The van der Waals surface area contributed by atoms with Crippen LogP contribution in [0, 0.1) is 0 Å². The third kappa shape index (κ3) is 1.22. The van der Waals surface area contributed by atoms with E-state index in [1.54, 1.807) is 0 Å². The summed E-state index contributed by atoms with van der Waals surface area (Å²) in [7, 11) is 0. The summed E-state index contributed by atoms with van der Waals surface area (Å²) in [6, 6.07) is 0. The number of thioether (sulfide) groups is 1. The van der Waals surface area contributed by atoms with Gasteiger partial charge in [-0.3, -0.25) is 4.79 Å². The van der Waals surface area contributed by atoms with Gasteiger partial charge in [-0.15, -0.1) is 11.8 Å². The number of β-lactam (4-membered cyclic amide) rings is 1. The van der Waals surface area contributed by atoms with E-state index < -0.39 is 0 Å². The number of carbonyl (C=O) groups excluding carboxylic acids is 1. The van der Waals surface area contributed by atoms with Crippen LogP contribution in [0.25, 0.3) is 0 Å². The van der Waals surface area contributed by atoms with Gasteiger partial charge in [-0.1, -0.05) is 22.0 Å². The first-order chi connectivity index (χ1) is 5.31. The molecule has 0 N–H and O–H groups in total. The van der Waals surface area contributed by atoms with E-state index in [1.807, 2.05) is 22.9 Å². The van der Waals surface area contributed by atoms with Gasteiger partial charge in [-0.2, -0.15) is 0 Å². The summed E-state index contributed by atoms with van der Waals surface area (Å²) in [5, 5.41) is 1.95. The van der Waals surface area contributed by atoms with E-state index in [0.29, 0.717) is 10.6 Å². The molecule has 0 aromatic carbocycles. The van der Waals surface area contributed by atoms with Crippen LogP contribution in [0.5, 0.6) is 0 Å². The molecule has 2 aliphatic rings. The second-order valence-corrected chi connectivity index (χ2v) is 4.70. The molecule has 2 heterocycles. The molecule has 0 saturated carbocycles. The van der Waals surface area contributed by atoms with Crippen molar-refractivity contribution < 1.29 is 4.79 Å². The zero-order chi connectivity index (χ0) is 7.84. The normalized spacial score (nSPS) is 35.0. The summed E-state index contributed by atoms with van der Waals surface area (Å²) in [4.78, 5) is 12.7. The molecule has 0 aliphatic carbocycles. The molecular formula is C7H8BrNOS. The van der Waals surface area contributed by atoms with Gasteiger partial charge in [0.1, 0.15) is 0 Å². The summed E-state index contributed by atoms with van der Waals surface area (Å²) in [6.07, 6.45) is 4.71. The summed E-state index contributed by atoms with van der Waals surface area (Å²) in [5.74, 6) is 0.256. The maximum absolute atomic E-state index is 10.9. The first kappa shape index (κ1) is 7.68. The topological polar surface area (TPSA) is 20.3 Å². The quantitative estimate of drug-likeness (QED) is 0.507. The van der Waals surface area contributed by atoms with Gasteiger partial charge in [0.25, 0.3) is 0 Å². The van der Waals surface area contributed by atoms with E-state index >= 15 is 0 Å². The third-order valence-corrected chi connectivity index (χ3v) is 4.40. The second-order valence-electron chi connectivity index (χ2n) is 2.63. The average Bonchev–Trinajstić information content (AvgIpc) is 2.02. The molecular weight excluding hydrogens is 226 g/mol. The Morgan fingerprint density at radius 3 is 3.18 bits per heavy atom. The van der Waals surface area contributed by atoms with Gasteiger partial charge in [0, 0.05) is 16.8 Å². The van der Waals surface area contributed by atoms with Crippen molar-refractivity contribution in [2.24, 2.45) is 0 Å². The van der Waals surface area contributed by atoms with Gasteiger partial charge in [0.05, 0.1) is 11.8 Å². The van der Waals surface area contributed by atoms with Gasteiger partial charge in [-0.05, 0) is 0 Å². The van der Waals surface area contributed by atoms with Crippen LogP contribution in [0.1, 0.15) is 6.42 Å². The summed E-state index contributed by atoms with van der Waals surface area (Å²) in [6.45, 7) is 0. The molecule has 2 aliphatic heterocycles. The van der Waals surface area contributed by atoms with Gasteiger partial charge in [0.2, 0.25) is 5.91 Å². The van der Waals surface area contributed by atoms with Crippen LogP contribution in [0.4, 0.5) is 0 Å². The lowest BCUT2D eigenvalue weighted by atomic mass is 10.2. The average molecular weight is 234 g/mol. The summed E-state index contributed by atoms with van der Waals surface area (Å²) in [5.41, 5.74) is 0. The summed E-state index contributed by atoms with van der Waals surface area (Å²) < 4.78 is 0. The van der Waals surface area contributed by atoms with Crippen LogP contribution in [0.3, 0.4) is 0 Å². The minimum atomic E-state index is 0.256. The van der Waals surface area contributed by atoms with Gasteiger partial charge >= 0.3 is 0 Å². The van der Waals surface area contributed by atoms with Crippen molar-refractivity contribution in [3.05, 3.63) is 12.3 Å². The zero-order valence-electron chi connectivity index (χ0n) is 5.87. The van der Waals surface area contributed by atoms with Crippen molar-refractivity contribution in [1.29, 1.82) is 0 Å². The predicted molar refractivity (Wildman–Crippen MR) is 49.6 cm³/mol. The highest BCUT2D eigenvalue weighted by molar-refractivity contribution is 9.09. The number of halogens is 1. The van der Waals surface area contributed by atoms with Crippen LogP contribution in [-0.4, -0.2) is 26.8 Å². The Morgan fingerprint density at radius 1 is 1.82 bits per heavy atom. The Kier molecular flexibility index (Phi) is 1.97. The Morgan fingerprint density at radius 2 is 2.64 bits per heavy atom. The van der Waals surface area contributed by atoms with Crippen molar-refractivity contribution >= 4 is 33.6 Å². The predicted octanol–water partition coefficient (Wildman–Crippen LogP) is 1.57. The lowest BCUT2D eigenvalue weighted by molar-refractivity contribution is -0.137. The molecule has 1 fully saturated rings. The van der Waals surface area contributed by atoms with Crippen LogP contribution >= 0.6 is 27.7 Å². The van der Waals surface area contributed by atoms with Crippen molar-refractivity contribution in [2.75, 3.05) is 5.33 Å². The van der Waals surface area contributed by atoms with Crippen LogP contribution in [0.15, 0.2) is 12.3 Å². The van der Waals surface area contributed by atoms with Gasteiger partial charge < -0.3 is 4.90 Å². The molecule has 11 heavy (non-hydrogen) atoms. The molecule has 0 spiro atoms. The fourth-order valence-electron chi connectivity index (χ4n) is 1.22. The molecule has 2 nitrogen and oxygen atoms in total. The second kappa shape index (κ2) is 2.83. The van der Waals surface area contributed by atoms with E-state index in [9.17, 15) is 4.79 Å². The standard InChI is InChI=1S/C7H8BrNOS/c8-4-5-1-2-9-6(10)3-7(9)11-5/h1-2,5,7H,3-4H2/t5?,7-/m1/s1. The minimum Gasteiger partial charge on any atom is -0.306 e. The number of carbonyl (C=O) groups is 1. The Balaban J connectivity index is 2.06. The molecule has 0 radical (unpaired) electrons. The van der Waals surface area contributed by atoms with E-state index in [2.05, 4.69) is 22.0 Å². The number of hydrogen-bond donors (Lipinski definition) is 0. The maximum Gasteiger partial charge on any atom is 0.230 e. The van der Waals surface area contributed by atoms with Gasteiger partial charge in [-0.25, -0.2) is 0 Å². The van der Waals surface area contributed by atoms with Crippen LogP contribution in [-0.2, 0) is 4.79 Å². The highest BCUT2D eigenvalue weighted by Crippen LogP contribution is 2.37. The Hall–Kier alpha value is 0.0400. The largest absolute Gasteiger partial charge is 0.306 e. The molecule has 1 unspecified atom stereocenters. The lowest BCUT2D eigenvalue weighted by Gasteiger charge is -2.41. The highest BCUT2D eigenvalue weighted by Gasteiger charge is 2.38. The maximum atomic E-state index is 10.9. The molecule has 1 amide bonds. The first-order valence-corrected chi connectivity index (χ1v) is 5.58. The summed E-state index contributed by atoms with van der Waals surface area (Å²) >= 11 is 5.28. The Labute approximate surface area is 78.1 Å². The van der Waals surface area contributed by atoms with Crippen molar-refractivity contribution in [3.8, 4) is 0 Å². The van der Waals surface area contributed by atoms with E-state index in [0.717, 1.165) is 11.8 Å². The fraction of sp³-hybridized carbons (Fsp3) is 0.571. The van der Waals surface area contributed by atoms with Crippen molar-refractivity contribution in [1.82, 2.24) is 4.90 Å². The molecule has 2 atom stereocenters. The smallest absolute Gasteiger partial charge is 0.230 e. The number of hydrogen-bond acceptors (Lipinski definition) is 2. The molecule has 0 aromatic rings. The molecule has 4 heteroatoms.